The van der Waals surface area contributed by atoms with E-state index in [-0.39, 0.29) is 6.61 Å². The molecule has 0 aliphatic rings. The van der Waals surface area contributed by atoms with E-state index in [0.717, 1.165) is 11.3 Å². The van der Waals surface area contributed by atoms with E-state index in [4.69, 9.17) is 9.57 Å². The molecule has 0 atom stereocenters. The summed E-state index contributed by atoms with van der Waals surface area (Å²) >= 11 is 0. The number of carbonyl (C=O) groups excluding carboxylic acids is 2. The van der Waals surface area contributed by atoms with Crippen molar-refractivity contribution in [2.45, 2.75) is 26.3 Å². The molecule has 0 fully saturated rings. The fraction of sp³-hybridized carbons (Fsp3) is 0.438. The zero-order valence-electron chi connectivity index (χ0n) is 14.0. The molecule has 0 aromatic heterocycles. The Kier molecular flexibility index (Phi) is 6.56. The van der Waals surface area contributed by atoms with Gasteiger partial charge in [0.15, 0.2) is 6.61 Å². The van der Waals surface area contributed by atoms with Crippen molar-refractivity contribution in [3.63, 3.8) is 0 Å². The van der Waals surface area contributed by atoms with E-state index in [9.17, 15) is 9.59 Å². The van der Waals surface area contributed by atoms with Gasteiger partial charge in [-0.05, 0) is 50.6 Å². The fourth-order valence-corrected chi connectivity index (χ4v) is 1.76. The molecule has 0 aliphatic carbocycles. The van der Waals surface area contributed by atoms with Gasteiger partial charge in [-0.1, -0.05) is 5.16 Å². The second kappa shape index (κ2) is 8.17. The van der Waals surface area contributed by atoms with Crippen molar-refractivity contribution >= 4 is 17.6 Å². The second-order valence-corrected chi connectivity index (χ2v) is 5.34. The Morgan fingerprint density at radius 2 is 1.78 bits per heavy atom. The number of carbonyl (C=O) groups is 2. The third kappa shape index (κ3) is 5.61. The maximum absolute atomic E-state index is 11.8. The Balaban J connectivity index is 2.53. The van der Waals surface area contributed by atoms with Gasteiger partial charge >= 0.3 is 5.97 Å². The maximum Gasteiger partial charge on any atom is 0.330 e. The summed E-state index contributed by atoms with van der Waals surface area (Å²) in [6, 6.07) is 7.28. The van der Waals surface area contributed by atoms with Crippen molar-refractivity contribution in [2.24, 2.45) is 5.16 Å². The second-order valence-electron chi connectivity index (χ2n) is 5.34. The van der Waals surface area contributed by atoms with Gasteiger partial charge in [-0.25, -0.2) is 4.79 Å². The predicted molar refractivity (Wildman–Crippen MR) is 85.4 cm³/mol. The molecule has 7 nitrogen and oxygen atoms in total. The number of hydrogen-bond donors (Lipinski definition) is 1. The monoisotopic (exact) mass is 322 g/mol. The first-order valence-corrected chi connectivity index (χ1v) is 7.00. The lowest BCUT2D eigenvalue weighted by atomic mass is 10.1. The highest BCUT2D eigenvalue weighted by molar-refractivity contribution is 5.98. The minimum atomic E-state index is -1.12. The summed E-state index contributed by atoms with van der Waals surface area (Å²) in [7, 11) is 2.85. The topological polar surface area (TPSA) is 86.2 Å². The zero-order chi connectivity index (χ0) is 17.5. The minimum Gasteiger partial charge on any atom is -0.497 e. The van der Waals surface area contributed by atoms with Crippen molar-refractivity contribution in [2.75, 3.05) is 20.8 Å². The average molecular weight is 322 g/mol. The SMILES string of the molecule is COC(=O)C(C)(C)NC(=O)CO/N=C(/C)c1ccc(OC)cc1. The Labute approximate surface area is 135 Å². The Hall–Kier alpha value is -2.57. The predicted octanol–water partition coefficient (Wildman–Crippen LogP) is 1.50. The number of rotatable bonds is 7. The lowest BCUT2D eigenvalue weighted by Gasteiger charge is -2.22. The minimum absolute atomic E-state index is 0.298. The van der Waals surface area contributed by atoms with Gasteiger partial charge in [0.05, 0.1) is 19.9 Å². The standard InChI is InChI=1S/C16H22N2O5/c1-11(12-6-8-13(21-4)9-7-12)18-23-10-14(19)17-16(2,3)15(20)22-5/h6-9H,10H2,1-5H3,(H,17,19)/b18-11-. The van der Waals surface area contributed by atoms with E-state index in [0.29, 0.717) is 5.71 Å². The van der Waals surface area contributed by atoms with Gasteiger partial charge in [0.2, 0.25) is 0 Å². The molecule has 1 rings (SSSR count). The Bertz CT molecular complexity index is 579. The van der Waals surface area contributed by atoms with E-state index in [2.05, 4.69) is 15.2 Å². The molecule has 0 bridgehead atoms. The summed E-state index contributed by atoms with van der Waals surface area (Å²) in [4.78, 5) is 28.2. The molecule has 7 heteroatoms. The van der Waals surface area contributed by atoms with E-state index < -0.39 is 17.4 Å². The number of esters is 1. The summed E-state index contributed by atoms with van der Waals surface area (Å²) in [6.45, 7) is 4.55. The lowest BCUT2D eigenvalue weighted by molar-refractivity contribution is -0.150. The fourth-order valence-electron chi connectivity index (χ4n) is 1.76. The highest BCUT2D eigenvalue weighted by atomic mass is 16.6. The number of methoxy groups -OCH3 is 2. The molecule has 126 valence electrons. The van der Waals surface area contributed by atoms with Crippen LogP contribution in [0.3, 0.4) is 0 Å². The molecule has 0 radical (unpaired) electrons. The van der Waals surface area contributed by atoms with Crippen LogP contribution in [0.4, 0.5) is 0 Å². The molecule has 0 unspecified atom stereocenters. The van der Waals surface area contributed by atoms with Gasteiger partial charge in [0.1, 0.15) is 11.3 Å². The third-order valence-corrected chi connectivity index (χ3v) is 3.05. The number of benzene rings is 1. The van der Waals surface area contributed by atoms with Crippen LogP contribution >= 0.6 is 0 Å². The molecular weight excluding hydrogens is 300 g/mol. The van der Waals surface area contributed by atoms with Crippen molar-refractivity contribution in [3.05, 3.63) is 29.8 Å². The first-order valence-electron chi connectivity index (χ1n) is 7.00. The van der Waals surface area contributed by atoms with Gasteiger partial charge < -0.3 is 19.6 Å². The van der Waals surface area contributed by atoms with E-state index in [1.165, 1.54) is 7.11 Å². The number of amides is 1. The van der Waals surface area contributed by atoms with Crippen LogP contribution in [0.25, 0.3) is 0 Å². The number of hydrogen-bond acceptors (Lipinski definition) is 6. The Morgan fingerprint density at radius 3 is 2.30 bits per heavy atom. The smallest absolute Gasteiger partial charge is 0.330 e. The first-order chi connectivity index (χ1) is 10.8. The molecule has 1 aromatic carbocycles. The van der Waals surface area contributed by atoms with Crippen LogP contribution in [0.2, 0.25) is 0 Å². The highest BCUT2D eigenvalue weighted by Crippen LogP contribution is 2.12. The number of nitrogens with zero attached hydrogens (tertiary/aromatic N) is 1. The third-order valence-electron chi connectivity index (χ3n) is 3.05. The van der Waals surface area contributed by atoms with Crippen molar-refractivity contribution in [1.82, 2.24) is 5.32 Å². The van der Waals surface area contributed by atoms with Crippen LogP contribution in [0.15, 0.2) is 29.4 Å². The zero-order valence-corrected chi connectivity index (χ0v) is 14.0. The maximum atomic E-state index is 11.8. The van der Waals surface area contributed by atoms with Crippen molar-refractivity contribution in [3.8, 4) is 5.75 Å². The van der Waals surface area contributed by atoms with Crippen LogP contribution in [0.1, 0.15) is 26.3 Å². The van der Waals surface area contributed by atoms with Gasteiger partial charge in [-0.15, -0.1) is 0 Å². The van der Waals surface area contributed by atoms with E-state index in [1.807, 2.05) is 12.1 Å². The van der Waals surface area contributed by atoms with Crippen LogP contribution < -0.4 is 10.1 Å². The summed E-state index contributed by atoms with van der Waals surface area (Å²) in [6.07, 6.45) is 0. The first kappa shape index (κ1) is 18.5. The molecule has 0 saturated carbocycles. The quantitative estimate of drug-likeness (QED) is 0.467. The van der Waals surface area contributed by atoms with Gasteiger partial charge in [0.25, 0.3) is 5.91 Å². The summed E-state index contributed by atoms with van der Waals surface area (Å²) < 4.78 is 9.68. The van der Waals surface area contributed by atoms with Crippen LogP contribution in [-0.4, -0.2) is 44.0 Å². The molecule has 0 spiro atoms. The van der Waals surface area contributed by atoms with Crippen LogP contribution in [-0.2, 0) is 19.2 Å². The van der Waals surface area contributed by atoms with Crippen LogP contribution in [0, 0.1) is 0 Å². The van der Waals surface area contributed by atoms with Crippen molar-refractivity contribution in [1.29, 1.82) is 0 Å². The van der Waals surface area contributed by atoms with Gasteiger partial charge in [-0.2, -0.15) is 0 Å². The normalized spacial score (nSPS) is 11.6. The van der Waals surface area contributed by atoms with E-state index >= 15 is 0 Å². The van der Waals surface area contributed by atoms with Gasteiger partial charge in [-0.3, -0.25) is 4.79 Å². The molecule has 0 saturated heterocycles. The summed E-state index contributed by atoms with van der Waals surface area (Å²) in [5.41, 5.74) is 0.345. The molecule has 1 amide bonds. The molecule has 23 heavy (non-hydrogen) atoms. The summed E-state index contributed by atoms with van der Waals surface area (Å²) in [5.74, 6) is -0.262. The number of nitrogens with one attached hydrogen (secondary N) is 1. The van der Waals surface area contributed by atoms with Crippen LogP contribution in [0.5, 0.6) is 5.75 Å². The van der Waals surface area contributed by atoms with Crippen molar-refractivity contribution < 1.29 is 23.9 Å². The van der Waals surface area contributed by atoms with E-state index in [1.54, 1.807) is 40.0 Å². The lowest BCUT2D eigenvalue weighted by Crippen LogP contribution is -2.51. The average Bonchev–Trinajstić information content (AvgIpc) is 2.53. The largest absolute Gasteiger partial charge is 0.497 e. The number of ether oxygens (including phenoxy) is 2. The molecular formula is C16H22N2O5. The molecule has 1 N–H and O–H groups in total. The molecule has 0 aliphatic heterocycles. The molecule has 1 aromatic rings. The Morgan fingerprint density at radius 1 is 1.17 bits per heavy atom. The summed E-state index contributed by atoms with van der Waals surface area (Å²) in [5, 5.41) is 6.39. The highest BCUT2D eigenvalue weighted by Gasteiger charge is 2.30. The van der Waals surface area contributed by atoms with Gasteiger partial charge in [0, 0.05) is 0 Å². The molecule has 0 heterocycles. The number of oxime groups is 1.